The van der Waals surface area contributed by atoms with E-state index >= 15 is 0 Å². The van der Waals surface area contributed by atoms with E-state index < -0.39 is 0 Å². The molecule has 1 saturated heterocycles. The van der Waals surface area contributed by atoms with Gasteiger partial charge < -0.3 is 15.4 Å². The Morgan fingerprint density at radius 1 is 1.28 bits per heavy atom. The largest absolute Gasteiger partial charge is 0.379 e. The van der Waals surface area contributed by atoms with Gasteiger partial charge in [0.15, 0.2) is 11.8 Å². The van der Waals surface area contributed by atoms with Gasteiger partial charge in [-0.05, 0) is 17.5 Å². The van der Waals surface area contributed by atoms with Crippen molar-refractivity contribution in [2.45, 2.75) is 26.4 Å². The summed E-state index contributed by atoms with van der Waals surface area (Å²) in [6, 6.07) is 8.69. The maximum absolute atomic E-state index is 5.49. The molecule has 3 N–H and O–H groups in total. The molecule has 1 aliphatic heterocycles. The second-order valence-corrected chi connectivity index (χ2v) is 7.30. The average Bonchev–Trinajstić information content (AvgIpc) is 3.26. The van der Waals surface area contributed by atoms with Gasteiger partial charge >= 0.3 is 0 Å². The van der Waals surface area contributed by atoms with Gasteiger partial charge in [0, 0.05) is 44.8 Å². The van der Waals surface area contributed by atoms with Gasteiger partial charge in [0.25, 0.3) is 0 Å². The molecule has 8 nitrogen and oxygen atoms in total. The number of nitrogens with zero attached hydrogens (tertiary/aromatic N) is 4. The van der Waals surface area contributed by atoms with E-state index in [2.05, 4.69) is 61.7 Å². The molecule has 2 heterocycles. The van der Waals surface area contributed by atoms with Crippen LogP contribution in [0, 0.1) is 5.92 Å². The van der Waals surface area contributed by atoms with Crippen LogP contribution < -0.4 is 10.6 Å². The third-order valence-corrected chi connectivity index (χ3v) is 5.06. The Balaban J connectivity index is 0.00000300. The van der Waals surface area contributed by atoms with E-state index in [1.165, 1.54) is 6.33 Å². The Hall–Kier alpha value is -1.72. The molecule has 1 aromatic heterocycles. The first-order chi connectivity index (χ1) is 13.7. The fraction of sp³-hybridized carbons (Fsp3) is 0.550. The molecule has 0 saturated carbocycles. The van der Waals surface area contributed by atoms with Crippen LogP contribution >= 0.6 is 24.0 Å². The normalized spacial score (nSPS) is 16.3. The van der Waals surface area contributed by atoms with Crippen molar-refractivity contribution in [3.63, 3.8) is 0 Å². The summed E-state index contributed by atoms with van der Waals surface area (Å²) in [5.41, 5.74) is 2.18. The number of guanidine groups is 1. The van der Waals surface area contributed by atoms with Gasteiger partial charge in [-0.1, -0.05) is 32.0 Å². The summed E-state index contributed by atoms with van der Waals surface area (Å²) >= 11 is 0. The molecule has 0 bridgehead atoms. The number of rotatable bonds is 7. The number of halogens is 1. The summed E-state index contributed by atoms with van der Waals surface area (Å²) in [7, 11) is 1.80. The van der Waals surface area contributed by atoms with E-state index in [1.54, 1.807) is 7.05 Å². The summed E-state index contributed by atoms with van der Waals surface area (Å²) < 4.78 is 5.49. The van der Waals surface area contributed by atoms with Crippen LogP contribution in [-0.4, -0.2) is 72.0 Å². The molecule has 2 aromatic rings. The predicted molar refractivity (Wildman–Crippen MR) is 126 cm³/mol. The van der Waals surface area contributed by atoms with Gasteiger partial charge in [-0.25, -0.2) is 4.98 Å². The lowest BCUT2D eigenvalue weighted by Crippen LogP contribution is -2.52. The summed E-state index contributed by atoms with van der Waals surface area (Å²) in [5, 5.41) is 13.7. The molecule has 1 unspecified atom stereocenters. The third kappa shape index (κ3) is 6.93. The van der Waals surface area contributed by atoms with E-state index in [0.717, 1.165) is 55.8 Å². The average molecular weight is 513 g/mol. The Labute approximate surface area is 189 Å². The van der Waals surface area contributed by atoms with Crippen molar-refractivity contribution in [1.29, 1.82) is 0 Å². The minimum atomic E-state index is 0. The number of nitrogens with one attached hydrogen (secondary N) is 3. The molecular weight excluding hydrogens is 481 g/mol. The van der Waals surface area contributed by atoms with E-state index in [0.29, 0.717) is 18.5 Å². The van der Waals surface area contributed by atoms with Gasteiger partial charge in [0.1, 0.15) is 6.33 Å². The molecule has 0 aliphatic carbocycles. The van der Waals surface area contributed by atoms with Crippen molar-refractivity contribution >= 4 is 29.9 Å². The lowest BCUT2D eigenvalue weighted by Gasteiger charge is -2.37. The van der Waals surface area contributed by atoms with Gasteiger partial charge in [0.2, 0.25) is 0 Å². The van der Waals surface area contributed by atoms with Crippen LogP contribution in [0.3, 0.4) is 0 Å². The van der Waals surface area contributed by atoms with Crippen LogP contribution in [0.15, 0.2) is 35.6 Å². The highest BCUT2D eigenvalue weighted by Gasteiger charge is 2.23. The molecule has 3 rings (SSSR count). The molecule has 9 heteroatoms. The molecule has 29 heavy (non-hydrogen) atoms. The number of aliphatic imine (C=N–C) groups is 1. The molecule has 0 radical (unpaired) electrons. The van der Waals surface area contributed by atoms with Gasteiger partial charge in [-0.3, -0.25) is 15.0 Å². The Kier molecular flexibility index (Phi) is 9.82. The van der Waals surface area contributed by atoms with Gasteiger partial charge in [-0.2, -0.15) is 5.10 Å². The lowest BCUT2D eigenvalue weighted by molar-refractivity contribution is 0.00752. The monoisotopic (exact) mass is 513 g/mol. The molecule has 1 atom stereocenters. The summed E-state index contributed by atoms with van der Waals surface area (Å²) in [4.78, 5) is 11.1. The molecule has 0 spiro atoms. The Morgan fingerprint density at radius 2 is 2.07 bits per heavy atom. The number of morpholine rings is 1. The van der Waals surface area contributed by atoms with Crippen LogP contribution in [0.2, 0.25) is 0 Å². The smallest absolute Gasteiger partial charge is 0.191 e. The maximum atomic E-state index is 5.49. The molecule has 1 fully saturated rings. The van der Waals surface area contributed by atoms with Crippen LogP contribution in [0.5, 0.6) is 0 Å². The van der Waals surface area contributed by atoms with Crippen molar-refractivity contribution in [1.82, 2.24) is 30.7 Å². The minimum absolute atomic E-state index is 0. The van der Waals surface area contributed by atoms with Crippen molar-refractivity contribution < 1.29 is 4.74 Å². The van der Waals surface area contributed by atoms with Crippen LogP contribution in [0.4, 0.5) is 0 Å². The van der Waals surface area contributed by atoms with E-state index in [4.69, 9.17) is 4.74 Å². The number of aromatic amines is 1. The zero-order valence-electron chi connectivity index (χ0n) is 17.4. The second-order valence-electron chi connectivity index (χ2n) is 7.30. The van der Waals surface area contributed by atoms with Crippen LogP contribution in [-0.2, 0) is 11.3 Å². The summed E-state index contributed by atoms with van der Waals surface area (Å²) in [6.07, 6.45) is 1.52. The maximum Gasteiger partial charge on any atom is 0.191 e. The van der Waals surface area contributed by atoms with Crippen molar-refractivity contribution in [3.05, 3.63) is 36.2 Å². The zero-order valence-corrected chi connectivity index (χ0v) is 19.7. The minimum Gasteiger partial charge on any atom is -0.379 e. The van der Waals surface area contributed by atoms with Crippen molar-refractivity contribution in [2.24, 2.45) is 10.9 Å². The molecular formula is C20H32IN7O. The first-order valence-corrected chi connectivity index (χ1v) is 9.88. The molecule has 0 amide bonds. The topological polar surface area (TPSA) is 90.5 Å². The lowest BCUT2D eigenvalue weighted by atomic mass is 10.0. The van der Waals surface area contributed by atoms with E-state index in [-0.39, 0.29) is 24.0 Å². The highest BCUT2D eigenvalue weighted by molar-refractivity contribution is 14.0. The van der Waals surface area contributed by atoms with Crippen LogP contribution in [0.1, 0.15) is 19.4 Å². The fourth-order valence-corrected chi connectivity index (χ4v) is 3.48. The van der Waals surface area contributed by atoms with E-state index in [9.17, 15) is 0 Å². The number of H-pyrrole nitrogens is 1. The number of hydrogen-bond acceptors (Lipinski definition) is 5. The third-order valence-electron chi connectivity index (χ3n) is 5.06. The summed E-state index contributed by atoms with van der Waals surface area (Å²) in [5.74, 6) is 2.14. The SMILES string of the molecule is CN=C(NCc1cccc(-c2ncn[nH]2)c1)NCC(C(C)C)N1CCOCC1.I. The van der Waals surface area contributed by atoms with Gasteiger partial charge in [0.05, 0.1) is 13.2 Å². The fourth-order valence-electron chi connectivity index (χ4n) is 3.48. The second kappa shape index (κ2) is 12.1. The highest BCUT2D eigenvalue weighted by atomic mass is 127. The Bertz CT molecular complexity index is 745. The molecule has 1 aliphatic rings. The van der Waals surface area contributed by atoms with Gasteiger partial charge in [-0.15, -0.1) is 24.0 Å². The zero-order chi connectivity index (χ0) is 19.8. The number of ether oxygens (including phenoxy) is 1. The molecule has 160 valence electrons. The quantitative estimate of drug-likeness (QED) is 0.299. The first-order valence-electron chi connectivity index (χ1n) is 9.88. The van der Waals surface area contributed by atoms with Crippen molar-refractivity contribution in [3.8, 4) is 11.4 Å². The first kappa shape index (κ1) is 23.6. The van der Waals surface area contributed by atoms with Crippen molar-refractivity contribution in [2.75, 3.05) is 39.9 Å². The Morgan fingerprint density at radius 3 is 2.72 bits per heavy atom. The number of aromatic nitrogens is 3. The van der Waals surface area contributed by atoms with E-state index in [1.807, 2.05) is 12.1 Å². The number of benzene rings is 1. The van der Waals surface area contributed by atoms with Crippen LogP contribution in [0.25, 0.3) is 11.4 Å². The molecule has 1 aromatic carbocycles. The number of hydrogen-bond donors (Lipinski definition) is 3. The highest BCUT2D eigenvalue weighted by Crippen LogP contribution is 2.15. The summed E-state index contributed by atoms with van der Waals surface area (Å²) in [6.45, 7) is 9.70. The predicted octanol–water partition coefficient (Wildman–Crippen LogP) is 2.11. The standard InChI is InChI=1S/C20H31N7O.HI/c1-15(2)18(27-7-9-28-10-8-27)13-23-20(21-3)22-12-16-5-4-6-17(11-16)19-24-14-25-26-19;/h4-6,11,14-15,18H,7-10,12-13H2,1-3H3,(H2,21,22,23)(H,24,25,26);1H.